The molecule has 0 saturated carbocycles. The first-order chi connectivity index (χ1) is 8.22. The summed E-state index contributed by atoms with van der Waals surface area (Å²) >= 11 is 0. The lowest BCUT2D eigenvalue weighted by atomic mass is 10.3. The van der Waals surface area contributed by atoms with Crippen molar-refractivity contribution in [2.75, 3.05) is 13.2 Å². The SMILES string of the molecule is CCCCOCCn1cnc(CNC(C)C)c1. The number of hydrogen-bond donors (Lipinski definition) is 1. The van der Waals surface area contributed by atoms with Gasteiger partial charge in [-0.2, -0.15) is 0 Å². The predicted molar refractivity (Wildman–Crippen MR) is 69.9 cm³/mol. The van der Waals surface area contributed by atoms with Crippen molar-refractivity contribution in [1.29, 1.82) is 0 Å². The van der Waals surface area contributed by atoms with Crippen molar-refractivity contribution in [1.82, 2.24) is 14.9 Å². The van der Waals surface area contributed by atoms with Gasteiger partial charge in [-0.25, -0.2) is 4.98 Å². The van der Waals surface area contributed by atoms with E-state index in [2.05, 4.69) is 41.8 Å². The fourth-order valence-corrected chi connectivity index (χ4v) is 1.45. The molecular formula is C13H25N3O. The molecule has 1 aromatic rings. The zero-order valence-electron chi connectivity index (χ0n) is 11.3. The van der Waals surface area contributed by atoms with Crippen LogP contribution in [0.3, 0.4) is 0 Å². The third-order valence-corrected chi connectivity index (χ3v) is 2.51. The van der Waals surface area contributed by atoms with Crippen molar-refractivity contribution >= 4 is 0 Å². The molecule has 0 saturated heterocycles. The minimum atomic E-state index is 0.498. The highest BCUT2D eigenvalue weighted by Crippen LogP contribution is 1.97. The normalized spacial score (nSPS) is 11.3. The van der Waals surface area contributed by atoms with Crippen molar-refractivity contribution < 1.29 is 4.74 Å². The first kappa shape index (κ1) is 14.2. The Bertz CT molecular complexity index is 297. The molecule has 1 N–H and O–H groups in total. The maximum absolute atomic E-state index is 5.52. The molecule has 0 aliphatic carbocycles. The Morgan fingerprint density at radius 1 is 1.41 bits per heavy atom. The van der Waals surface area contributed by atoms with E-state index in [-0.39, 0.29) is 0 Å². The Labute approximate surface area is 104 Å². The number of imidazole rings is 1. The van der Waals surface area contributed by atoms with Crippen molar-refractivity contribution in [2.45, 2.75) is 52.7 Å². The van der Waals surface area contributed by atoms with Gasteiger partial charge in [0.2, 0.25) is 0 Å². The molecule has 0 aliphatic heterocycles. The highest BCUT2D eigenvalue weighted by molar-refractivity contribution is 4.96. The van der Waals surface area contributed by atoms with E-state index in [4.69, 9.17) is 4.74 Å². The van der Waals surface area contributed by atoms with Crippen molar-refractivity contribution in [3.8, 4) is 0 Å². The number of ether oxygens (including phenoxy) is 1. The van der Waals surface area contributed by atoms with Crippen LogP contribution >= 0.6 is 0 Å². The molecule has 0 aromatic carbocycles. The second-order valence-corrected chi connectivity index (χ2v) is 4.60. The molecule has 1 heterocycles. The summed E-state index contributed by atoms with van der Waals surface area (Å²) in [6, 6.07) is 0.498. The van der Waals surface area contributed by atoms with Crippen LogP contribution in [-0.4, -0.2) is 28.8 Å². The molecule has 98 valence electrons. The highest BCUT2D eigenvalue weighted by Gasteiger charge is 1.99. The van der Waals surface area contributed by atoms with E-state index < -0.39 is 0 Å². The van der Waals surface area contributed by atoms with Crippen molar-refractivity contribution in [3.05, 3.63) is 18.2 Å². The maximum Gasteiger partial charge on any atom is 0.0950 e. The minimum absolute atomic E-state index is 0.498. The lowest BCUT2D eigenvalue weighted by Crippen LogP contribution is -2.21. The second kappa shape index (κ2) is 8.25. The van der Waals surface area contributed by atoms with Crippen molar-refractivity contribution in [2.24, 2.45) is 0 Å². The summed E-state index contributed by atoms with van der Waals surface area (Å²) < 4.78 is 7.61. The highest BCUT2D eigenvalue weighted by atomic mass is 16.5. The molecular weight excluding hydrogens is 214 g/mol. The van der Waals surface area contributed by atoms with Crippen LogP contribution in [0.15, 0.2) is 12.5 Å². The largest absolute Gasteiger partial charge is 0.380 e. The number of rotatable bonds is 9. The molecule has 0 bridgehead atoms. The monoisotopic (exact) mass is 239 g/mol. The number of aromatic nitrogens is 2. The van der Waals surface area contributed by atoms with E-state index in [9.17, 15) is 0 Å². The van der Waals surface area contributed by atoms with Gasteiger partial charge < -0.3 is 14.6 Å². The third kappa shape index (κ3) is 6.44. The smallest absolute Gasteiger partial charge is 0.0950 e. The predicted octanol–water partition coefficient (Wildman–Crippen LogP) is 2.20. The molecule has 0 unspecified atom stereocenters. The molecule has 4 heteroatoms. The summed E-state index contributed by atoms with van der Waals surface area (Å²) in [4.78, 5) is 4.35. The van der Waals surface area contributed by atoms with E-state index in [1.54, 1.807) is 0 Å². The van der Waals surface area contributed by atoms with Crippen LogP contribution in [0.5, 0.6) is 0 Å². The Morgan fingerprint density at radius 3 is 2.94 bits per heavy atom. The van der Waals surface area contributed by atoms with E-state index in [1.165, 1.54) is 6.42 Å². The summed E-state index contributed by atoms with van der Waals surface area (Å²) in [6.45, 7) is 9.81. The van der Waals surface area contributed by atoms with Crippen LogP contribution < -0.4 is 5.32 Å². The molecule has 0 radical (unpaired) electrons. The van der Waals surface area contributed by atoms with Crippen LogP contribution in [0.2, 0.25) is 0 Å². The van der Waals surface area contributed by atoms with Gasteiger partial charge in [0.1, 0.15) is 0 Å². The zero-order valence-corrected chi connectivity index (χ0v) is 11.3. The van der Waals surface area contributed by atoms with E-state index in [0.717, 1.165) is 38.4 Å². The van der Waals surface area contributed by atoms with Crippen LogP contribution in [0.1, 0.15) is 39.3 Å². The van der Waals surface area contributed by atoms with E-state index >= 15 is 0 Å². The van der Waals surface area contributed by atoms with Crippen LogP contribution in [0.4, 0.5) is 0 Å². The molecule has 0 spiro atoms. The number of nitrogens with zero attached hydrogens (tertiary/aromatic N) is 2. The molecule has 1 rings (SSSR count). The van der Waals surface area contributed by atoms with Gasteiger partial charge in [0, 0.05) is 31.9 Å². The Balaban J connectivity index is 2.17. The zero-order chi connectivity index (χ0) is 12.5. The van der Waals surface area contributed by atoms with Crippen LogP contribution in [0, 0.1) is 0 Å². The average Bonchev–Trinajstić information content (AvgIpc) is 2.74. The Morgan fingerprint density at radius 2 is 2.24 bits per heavy atom. The summed E-state index contributed by atoms with van der Waals surface area (Å²) in [5.74, 6) is 0. The molecule has 17 heavy (non-hydrogen) atoms. The van der Waals surface area contributed by atoms with Gasteiger partial charge in [-0.1, -0.05) is 27.2 Å². The third-order valence-electron chi connectivity index (χ3n) is 2.51. The van der Waals surface area contributed by atoms with Gasteiger partial charge >= 0.3 is 0 Å². The summed E-state index contributed by atoms with van der Waals surface area (Å²) in [5.41, 5.74) is 1.09. The van der Waals surface area contributed by atoms with Gasteiger partial charge in [-0.05, 0) is 6.42 Å². The number of nitrogens with one attached hydrogen (secondary N) is 1. The second-order valence-electron chi connectivity index (χ2n) is 4.60. The van der Waals surface area contributed by atoms with Gasteiger partial charge in [0.15, 0.2) is 0 Å². The van der Waals surface area contributed by atoms with E-state index in [1.807, 2.05) is 6.33 Å². The lowest BCUT2D eigenvalue weighted by Gasteiger charge is -2.05. The maximum atomic E-state index is 5.52. The Hall–Kier alpha value is -0.870. The van der Waals surface area contributed by atoms with Crippen molar-refractivity contribution in [3.63, 3.8) is 0 Å². The first-order valence-electron chi connectivity index (χ1n) is 6.54. The van der Waals surface area contributed by atoms with Gasteiger partial charge in [0.05, 0.1) is 18.6 Å². The van der Waals surface area contributed by atoms with Gasteiger partial charge in [-0.15, -0.1) is 0 Å². The first-order valence-corrected chi connectivity index (χ1v) is 6.54. The number of hydrogen-bond acceptors (Lipinski definition) is 3. The van der Waals surface area contributed by atoms with Gasteiger partial charge in [0.25, 0.3) is 0 Å². The summed E-state index contributed by atoms with van der Waals surface area (Å²) in [6.07, 6.45) is 6.29. The topological polar surface area (TPSA) is 39.1 Å². The standard InChI is InChI=1S/C13H25N3O/c1-4-5-7-17-8-6-16-10-13(15-11-16)9-14-12(2)3/h10-12,14H,4-9H2,1-3H3. The molecule has 1 aromatic heterocycles. The molecule has 0 aliphatic rings. The van der Waals surface area contributed by atoms with Crippen LogP contribution in [0.25, 0.3) is 0 Å². The summed E-state index contributed by atoms with van der Waals surface area (Å²) in [5, 5.41) is 3.35. The minimum Gasteiger partial charge on any atom is -0.380 e. The van der Waals surface area contributed by atoms with Crippen LogP contribution in [-0.2, 0) is 17.8 Å². The Kier molecular flexibility index (Phi) is 6.89. The fourth-order valence-electron chi connectivity index (χ4n) is 1.45. The quantitative estimate of drug-likeness (QED) is 0.671. The summed E-state index contributed by atoms with van der Waals surface area (Å²) in [7, 11) is 0. The average molecular weight is 239 g/mol. The number of unbranched alkanes of at least 4 members (excludes halogenated alkanes) is 1. The lowest BCUT2D eigenvalue weighted by molar-refractivity contribution is 0.123. The molecule has 0 amide bonds. The van der Waals surface area contributed by atoms with Gasteiger partial charge in [-0.3, -0.25) is 0 Å². The molecule has 4 nitrogen and oxygen atoms in total. The fraction of sp³-hybridized carbons (Fsp3) is 0.769. The molecule has 0 atom stereocenters. The molecule has 0 fully saturated rings. The van der Waals surface area contributed by atoms with E-state index in [0.29, 0.717) is 6.04 Å².